The number of halogens is 1. The van der Waals surface area contributed by atoms with Crippen molar-refractivity contribution in [3.05, 3.63) is 95.6 Å². The maximum atomic E-state index is 13.2. The number of carbonyl (C=O) groups is 2. The fraction of sp³-hybridized carbons (Fsp3) is 0.0800. The maximum absolute atomic E-state index is 13.2. The van der Waals surface area contributed by atoms with Crippen LogP contribution in [0.4, 0.5) is 16.2 Å². The molecule has 0 aliphatic carbocycles. The van der Waals surface area contributed by atoms with E-state index in [-0.39, 0.29) is 5.91 Å². The second kappa shape index (κ2) is 9.58. The van der Waals surface area contributed by atoms with Gasteiger partial charge in [-0.2, -0.15) is 5.10 Å². The number of amides is 2. The minimum atomic E-state index is -0.479. The van der Waals surface area contributed by atoms with Gasteiger partial charge in [0.15, 0.2) is 0 Å². The molecule has 0 fully saturated rings. The van der Waals surface area contributed by atoms with Crippen molar-refractivity contribution < 1.29 is 14.3 Å². The molecule has 0 aliphatic heterocycles. The Bertz CT molecular complexity index is 1270. The molecule has 1 heterocycles. The number of rotatable bonds is 5. The second-order valence-electron chi connectivity index (χ2n) is 7.21. The molecule has 0 unspecified atom stereocenters. The Morgan fingerprint density at radius 2 is 1.64 bits per heavy atom. The number of para-hydroxylation sites is 1. The molecule has 0 bridgehead atoms. The van der Waals surface area contributed by atoms with Crippen molar-refractivity contribution in [3.8, 4) is 16.9 Å². The van der Waals surface area contributed by atoms with E-state index in [2.05, 4.69) is 10.4 Å². The first-order valence-electron chi connectivity index (χ1n) is 10.1. The SMILES string of the molecule is COC(=O)N(C)c1ccc(NC(=O)c2cn(-c3ccccc3)nc2-c2ccc(Cl)cc2)cc1. The molecule has 0 saturated heterocycles. The first kappa shape index (κ1) is 22.1. The average Bonchev–Trinajstić information content (AvgIpc) is 3.30. The summed E-state index contributed by atoms with van der Waals surface area (Å²) in [6, 6.07) is 23.6. The van der Waals surface area contributed by atoms with E-state index in [0.29, 0.717) is 27.7 Å². The quantitative estimate of drug-likeness (QED) is 0.417. The number of hydrogen-bond donors (Lipinski definition) is 1. The zero-order valence-electron chi connectivity index (χ0n) is 18.0. The van der Waals surface area contributed by atoms with E-state index in [4.69, 9.17) is 16.3 Å². The lowest BCUT2D eigenvalue weighted by Gasteiger charge is -2.16. The standard InChI is InChI=1S/C25H21ClN4O3/c1-29(25(32)33-2)20-14-12-19(13-15-20)27-24(31)22-16-30(21-6-4-3-5-7-21)28-23(22)17-8-10-18(26)11-9-17/h3-16H,1-2H3,(H,27,31). The molecule has 0 saturated carbocycles. The Hall–Kier alpha value is -4.10. The lowest BCUT2D eigenvalue weighted by atomic mass is 10.1. The van der Waals surface area contributed by atoms with E-state index < -0.39 is 6.09 Å². The highest BCUT2D eigenvalue weighted by Crippen LogP contribution is 2.26. The fourth-order valence-electron chi connectivity index (χ4n) is 3.28. The Morgan fingerprint density at radius 1 is 0.970 bits per heavy atom. The maximum Gasteiger partial charge on any atom is 0.413 e. The summed E-state index contributed by atoms with van der Waals surface area (Å²) in [4.78, 5) is 26.3. The van der Waals surface area contributed by atoms with Crippen LogP contribution in [-0.2, 0) is 4.74 Å². The summed E-state index contributed by atoms with van der Waals surface area (Å²) in [5.74, 6) is -0.309. The van der Waals surface area contributed by atoms with Gasteiger partial charge in [0.25, 0.3) is 5.91 Å². The molecule has 166 valence electrons. The third-order valence-electron chi connectivity index (χ3n) is 5.06. The summed E-state index contributed by atoms with van der Waals surface area (Å²) in [6.45, 7) is 0. The van der Waals surface area contributed by atoms with Crippen molar-refractivity contribution in [2.24, 2.45) is 0 Å². The first-order chi connectivity index (χ1) is 16.0. The number of nitrogens with one attached hydrogen (secondary N) is 1. The van der Waals surface area contributed by atoms with Gasteiger partial charge >= 0.3 is 6.09 Å². The van der Waals surface area contributed by atoms with Crippen molar-refractivity contribution in [3.63, 3.8) is 0 Å². The van der Waals surface area contributed by atoms with Crippen LogP contribution in [0.2, 0.25) is 5.02 Å². The van der Waals surface area contributed by atoms with E-state index in [1.807, 2.05) is 42.5 Å². The van der Waals surface area contributed by atoms with Crippen molar-refractivity contribution in [1.29, 1.82) is 0 Å². The predicted molar refractivity (Wildman–Crippen MR) is 129 cm³/mol. The van der Waals surface area contributed by atoms with E-state index >= 15 is 0 Å². The van der Waals surface area contributed by atoms with E-state index in [1.165, 1.54) is 12.0 Å². The van der Waals surface area contributed by atoms with E-state index in [9.17, 15) is 9.59 Å². The topological polar surface area (TPSA) is 76.5 Å². The number of hydrogen-bond acceptors (Lipinski definition) is 4. The Balaban J connectivity index is 1.64. The summed E-state index contributed by atoms with van der Waals surface area (Å²) in [5.41, 5.74) is 3.78. The van der Waals surface area contributed by atoms with Gasteiger partial charge in [-0.05, 0) is 48.5 Å². The minimum Gasteiger partial charge on any atom is -0.452 e. The summed E-state index contributed by atoms with van der Waals surface area (Å²) >= 11 is 6.04. The molecule has 0 atom stereocenters. The van der Waals surface area contributed by atoms with Gasteiger partial charge in [-0.3, -0.25) is 9.69 Å². The third kappa shape index (κ3) is 4.88. The molecule has 1 aromatic heterocycles. The molecule has 2 amide bonds. The normalized spacial score (nSPS) is 10.5. The number of nitrogens with zero attached hydrogens (tertiary/aromatic N) is 3. The Morgan fingerprint density at radius 3 is 2.27 bits per heavy atom. The molecule has 4 rings (SSSR count). The van der Waals surface area contributed by atoms with Gasteiger partial charge in [0.05, 0.1) is 18.4 Å². The number of carbonyl (C=O) groups excluding carboxylic acids is 2. The third-order valence-corrected chi connectivity index (χ3v) is 5.31. The highest BCUT2D eigenvalue weighted by atomic mass is 35.5. The van der Waals surface area contributed by atoms with Crippen LogP contribution in [0.5, 0.6) is 0 Å². The highest BCUT2D eigenvalue weighted by Gasteiger charge is 2.19. The lowest BCUT2D eigenvalue weighted by Crippen LogP contribution is -2.25. The van der Waals surface area contributed by atoms with Crippen LogP contribution >= 0.6 is 11.6 Å². The summed E-state index contributed by atoms with van der Waals surface area (Å²) in [7, 11) is 2.93. The molecule has 0 aliphatic rings. The molecule has 1 N–H and O–H groups in total. The largest absolute Gasteiger partial charge is 0.452 e. The lowest BCUT2D eigenvalue weighted by molar-refractivity contribution is 0.102. The van der Waals surface area contributed by atoms with Gasteiger partial charge < -0.3 is 10.1 Å². The molecule has 0 spiro atoms. The van der Waals surface area contributed by atoms with Crippen LogP contribution in [0.1, 0.15) is 10.4 Å². The smallest absolute Gasteiger partial charge is 0.413 e. The fourth-order valence-corrected chi connectivity index (χ4v) is 3.41. The Labute approximate surface area is 196 Å². The first-order valence-corrected chi connectivity index (χ1v) is 10.5. The summed E-state index contributed by atoms with van der Waals surface area (Å²) in [5, 5.41) is 8.17. The monoisotopic (exact) mass is 460 g/mol. The number of methoxy groups -OCH3 is 1. The van der Waals surface area contributed by atoms with Crippen LogP contribution in [0.3, 0.4) is 0 Å². The number of ether oxygens (including phenoxy) is 1. The van der Waals surface area contributed by atoms with E-state index in [1.54, 1.807) is 54.3 Å². The number of benzene rings is 3. The number of anilines is 2. The van der Waals surface area contributed by atoms with Crippen LogP contribution in [0.25, 0.3) is 16.9 Å². The van der Waals surface area contributed by atoms with E-state index in [0.717, 1.165) is 11.3 Å². The number of aromatic nitrogens is 2. The van der Waals surface area contributed by atoms with Crippen LogP contribution < -0.4 is 10.2 Å². The van der Waals surface area contributed by atoms with Gasteiger partial charge in [-0.25, -0.2) is 9.48 Å². The minimum absolute atomic E-state index is 0.309. The van der Waals surface area contributed by atoms with Crippen LogP contribution in [0, 0.1) is 0 Å². The highest BCUT2D eigenvalue weighted by molar-refractivity contribution is 6.30. The van der Waals surface area contributed by atoms with Gasteiger partial charge in [0.2, 0.25) is 0 Å². The van der Waals surface area contributed by atoms with Crippen molar-refractivity contribution >= 4 is 35.0 Å². The van der Waals surface area contributed by atoms with Gasteiger partial charge in [-0.1, -0.05) is 41.9 Å². The molecule has 4 aromatic rings. The zero-order chi connectivity index (χ0) is 23.4. The van der Waals surface area contributed by atoms with Crippen molar-refractivity contribution in [2.45, 2.75) is 0 Å². The summed E-state index contributed by atoms with van der Waals surface area (Å²) in [6.07, 6.45) is 1.22. The zero-order valence-corrected chi connectivity index (χ0v) is 18.8. The molecular formula is C25H21ClN4O3. The predicted octanol–water partition coefficient (Wildman–Crippen LogP) is 5.65. The van der Waals surface area contributed by atoms with Crippen LogP contribution in [0.15, 0.2) is 85.1 Å². The molecule has 33 heavy (non-hydrogen) atoms. The van der Waals surface area contributed by atoms with Crippen molar-refractivity contribution in [1.82, 2.24) is 9.78 Å². The summed E-state index contributed by atoms with van der Waals surface area (Å²) < 4.78 is 6.39. The van der Waals surface area contributed by atoms with Gasteiger partial charge in [0, 0.05) is 35.2 Å². The van der Waals surface area contributed by atoms with Gasteiger partial charge in [-0.15, -0.1) is 0 Å². The van der Waals surface area contributed by atoms with Crippen LogP contribution in [-0.4, -0.2) is 35.9 Å². The van der Waals surface area contributed by atoms with Crippen molar-refractivity contribution in [2.75, 3.05) is 24.4 Å². The molecule has 0 radical (unpaired) electrons. The molecule has 7 nitrogen and oxygen atoms in total. The molecular weight excluding hydrogens is 440 g/mol. The average molecular weight is 461 g/mol. The molecule has 3 aromatic carbocycles. The van der Waals surface area contributed by atoms with Gasteiger partial charge in [0.1, 0.15) is 5.69 Å². The Kier molecular flexibility index (Phi) is 6.42. The molecule has 8 heteroatoms. The second-order valence-corrected chi connectivity index (χ2v) is 7.64.